The molecule has 2 amide bonds. The number of aromatic nitrogens is 2. The van der Waals surface area contributed by atoms with Crippen LogP contribution in [0.4, 0.5) is 5.82 Å². The van der Waals surface area contributed by atoms with Gasteiger partial charge in [-0.1, -0.05) is 19.4 Å². The Labute approximate surface area is 175 Å². The molecule has 156 valence electrons. The van der Waals surface area contributed by atoms with Crippen LogP contribution in [0.2, 0.25) is 0 Å². The average Bonchev–Trinajstić information content (AvgIpc) is 3.35. The molecule has 0 saturated carbocycles. The van der Waals surface area contributed by atoms with E-state index >= 15 is 0 Å². The van der Waals surface area contributed by atoms with Crippen LogP contribution in [-0.2, 0) is 11.2 Å². The summed E-state index contributed by atoms with van der Waals surface area (Å²) in [7, 11) is 1.60. The fourth-order valence-corrected chi connectivity index (χ4v) is 3.51. The van der Waals surface area contributed by atoms with Gasteiger partial charge in [0.15, 0.2) is 5.69 Å². The van der Waals surface area contributed by atoms with Gasteiger partial charge >= 0.3 is 0 Å². The molecule has 1 fully saturated rings. The molecule has 0 bridgehead atoms. The van der Waals surface area contributed by atoms with Gasteiger partial charge in [0.1, 0.15) is 17.1 Å². The summed E-state index contributed by atoms with van der Waals surface area (Å²) in [5.41, 5.74) is 13.9. The molecular formula is C22H25N5O3. The highest BCUT2D eigenvalue weighted by molar-refractivity contribution is 5.99. The molecule has 0 radical (unpaired) electrons. The Balaban J connectivity index is 1.97. The molecule has 0 spiro atoms. The average molecular weight is 407 g/mol. The van der Waals surface area contributed by atoms with Gasteiger partial charge in [-0.3, -0.25) is 9.59 Å². The Morgan fingerprint density at radius 2 is 2.13 bits per heavy atom. The van der Waals surface area contributed by atoms with E-state index in [1.807, 2.05) is 25.1 Å². The number of ether oxygens (including phenoxy) is 1. The molecule has 0 aliphatic carbocycles. The molecule has 1 atom stereocenters. The monoisotopic (exact) mass is 407 g/mol. The van der Waals surface area contributed by atoms with Crippen LogP contribution in [0, 0.1) is 11.8 Å². The van der Waals surface area contributed by atoms with Crippen LogP contribution in [-0.4, -0.2) is 46.7 Å². The van der Waals surface area contributed by atoms with Crippen molar-refractivity contribution in [2.45, 2.75) is 25.8 Å². The number of hydrogen-bond donors (Lipinski definition) is 2. The quantitative estimate of drug-likeness (QED) is 0.575. The van der Waals surface area contributed by atoms with Crippen molar-refractivity contribution in [2.24, 2.45) is 5.73 Å². The minimum Gasteiger partial charge on any atom is -0.497 e. The number of methoxy groups -OCH3 is 1. The van der Waals surface area contributed by atoms with Gasteiger partial charge in [0.2, 0.25) is 5.91 Å². The van der Waals surface area contributed by atoms with Crippen molar-refractivity contribution in [2.75, 3.05) is 25.9 Å². The highest BCUT2D eigenvalue weighted by Crippen LogP contribution is 2.27. The first-order valence-electron chi connectivity index (χ1n) is 9.67. The number of rotatable bonds is 5. The lowest BCUT2D eigenvalue weighted by Crippen LogP contribution is -2.27. The number of hydrogen-bond acceptors (Lipinski definition) is 5. The smallest absolute Gasteiger partial charge is 0.255 e. The van der Waals surface area contributed by atoms with Crippen molar-refractivity contribution in [3.05, 3.63) is 53.2 Å². The number of carbonyl (C=O) groups is 2. The fourth-order valence-electron chi connectivity index (χ4n) is 3.51. The zero-order valence-corrected chi connectivity index (χ0v) is 17.1. The summed E-state index contributed by atoms with van der Waals surface area (Å²) < 4.78 is 6.86. The van der Waals surface area contributed by atoms with E-state index in [0.717, 1.165) is 17.5 Å². The van der Waals surface area contributed by atoms with E-state index in [9.17, 15) is 9.59 Å². The number of nitrogen functional groups attached to an aromatic ring is 1. The first kappa shape index (κ1) is 21.0. The van der Waals surface area contributed by atoms with E-state index in [1.54, 1.807) is 16.7 Å². The fraction of sp³-hybridized carbons (Fsp3) is 0.318. The van der Waals surface area contributed by atoms with Crippen LogP contribution in [0.15, 0.2) is 30.9 Å². The Hall–Kier alpha value is -3.73. The maximum absolute atomic E-state index is 12.0. The number of amides is 2. The molecular weight excluding hydrogens is 382 g/mol. The van der Waals surface area contributed by atoms with Gasteiger partial charge in [-0.25, -0.2) is 4.68 Å². The van der Waals surface area contributed by atoms with Gasteiger partial charge in [0.25, 0.3) is 5.91 Å². The lowest BCUT2D eigenvalue weighted by molar-refractivity contribution is -0.125. The summed E-state index contributed by atoms with van der Waals surface area (Å²) in [6, 6.07) is 5.55. The molecule has 3 rings (SSSR count). The molecule has 30 heavy (non-hydrogen) atoms. The lowest BCUT2D eigenvalue weighted by Gasteiger charge is -2.15. The van der Waals surface area contributed by atoms with Crippen LogP contribution < -0.4 is 16.2 Å². The minimum absolute atomic E-state index is 0.0922. The van der Waals surface area contributed by atoms with Crippen LogP contribution >= 0.6 is 0 Å². The van der Waals surface area contributed by atoms with Crippen LogP contribution in [0.25, 0.3) is 0 Å². The summed E-state index contributed by atoms with van der Waals surface area (Å²) in [5.74, 6) is 5.97. The maximum Gasteiger partial charge on any atom is 0.255 e. The maximum atomic E-state index is 12.0. The number of benzene rings is 1. The summed E-state index contributed by atoms with van der Waals surface area (Å²) in [6.45, 7) is 6.55. The summed E-state index contributed by atoms with van der Waals surface area (Å²) >= 11 is 0. The molecule has 8 nitrogen and oxygen atoms in total. The number of likely N-dealkylation sites (tertiary alicyclic amines) is 1. The molecule has 1 aromatic carbocycles. The van der Waals surface area contributed by atoms with Gasteiger partial charge in [-0.05, 0) is 48.6 Å². The van der Waals surface area contributed by atoms with E-state index in [4.69, 9.17) is 16.2 Å². The van der Waals surface area contributed by atoms with Crippen molar-refractivity contribution < 1.29 is 14.3 Å². The van der Waals surface area contributed by atoms with Gasteiger partial charge in [0, 0.05) is 18.7 Å². The predicted octanol–water partition coefficient (Wildman–Crippen LogP) is 1.49. The van der Waals surface area contributed by atoms with Crippen molar-refractivity contribution in [3.63, 3.8) is 0 Å². The zero-order valence-electron chi connectivity index (χ0n) is 17.1. The van der Waals surface area contributed by atoms with Crippen LogP contribution in [0.3, 0.4) is 0 Å². The summed E-state index contributed by atoms with van der Waals surface area (Å²) in [4.78, 5) is 25.5. The van der Waals surface area contributed by atoms with Crippen LogP contribution in [0.5, 0.6) is 5.75 Å². The Kier molecular flexibility index (Phi) is 6.11. The second kappa shape index (κ2) is 8.74. The molecule has 1 aliphatic heterocycles. The number of anilines is 1. The third kappa shape index (κ3) is 4.15. The molecule has 2 heterocycles. The molecule has 1 aliphatic rings. The predicted molar refractivity (Wildman–Crippen MR) is 114 cm³/mol. The Bertz CT molecular complexity index is 1040. The normalized spacial score (nSPS) is 15.4. The Morgan fingerprint density at radius 3 is 2.77 bits per heavy atom. The number of primary amides is 1. The first-order valence-corrected chi connectivity index (χ1v) is 9.67. The largest absolute Gasteiger partial charge is 0.497 e. The van der Waals surface area contributed by atoms with Gasteiger partial charge in [0.05, 0.1) is 13.2 Å². The number of aryl methyl sites for hydroxylation is 1. The second-order valence-electron chi connectivity index (χ2n) is 7.02. The first-order chi connectivity index (χ1) is 14.4. The van der Waals surface area contributed by atoms with E-state index in [1.165, 1.54) is 6.08 Å². The van der Waals surface area contributed by atoms with E-state index in [0.29, 0.717) is 25.3 Å². The van der Waals surface area contributed by atoms with Gasteiger partial charge in [-0.2, -0.15) is 5.10 Å². The highest BCUT2D eigenvalue weighted by Gasteiger charge is 2.30. The van der Waals surface area contributed by atoms with Crippen molar-refractivity contribution in [1.82, 2.24) is 14.7 Å². The van der Waals surface area contributed by atoms with E-state index < -0.39 is 5.91 Å². The minimum atomic E-state index is -0.694. The third-order valence-corrected chi connectivity index (χ3v) is 5.12. The standard InChI is InChI=1S/C22H25N5O3/c1-4-14-10-15(12-17(11-14)30-3)6-7-18-20(22(24)29)21(23)27(25-18)16-8-9-26(13-16)19(28)5-2/h5,10-12,16H,2,4,8-9,13,23H2,1,3H3,(H2,24,29)/t16-/m0/s1. The van der Waals surface area contributed by atoms with E-state index in [2.05, 4.69) is 23.5 Å². The molecule has 8 heteroatoms. The molecule has 1 saturated heterocycles. The van der Waals surface area contributed by atoms with Crippen molar-refractivity contribution in [3.8, 4) is 17.6 Å². The third-order valence-electron chi connectivity index (χ3n) is 5.12. The van der Waals surface area contributed by atoms with Gasteiger partial charge in [-0.15, -0.1) is 0 Å². The second-order valence-corrected chi connectivity index (χ2v) is 7.02. The topological polar surface area (TPSA) is 116 Å². The number of nitrogens with two attached hydrogens (primary N) is 2. The summed E-state index contributed by atoms with van der Waals surface area (Å²) in [5, 5.41) is 4.46. The van der Waals surface area contributed by atoms with Gasteiger partial charge < -0.3 is 21.1 Å². The molecule has 1 aromatic heterocycles. The molecule has 0 unspecified atom stereocenters. The zero-order chi connectivity index (χ0) is 21.8. The SMILES string of the molecule is C=CC(=O)N1CC[C@H](n2nc(C#Cc3cc(CC)cc(OC)c3)c(C(N)=O)c2N)C1. The number of nitrogens with zero attached hydrogens (tertiary/aromatic N) is 3. The highest BCUT2D eigenvalue weighted by atomic mass is 16.5. The molecule has 4 N–H and O–H groups in total. The molecule has 2 aromatic rings. The summed E-state index contributed by atoms with van der Waals surface area (Å²) in [6.07, 6.45) is 2.77. The van der Waals surface area contributed by atoms with Crippen LogP contribution in [0.1, 0.15) is 46.6 Å². The van der Waals surface area contributed by atoms with E-state index in [-0.39, 0.29) is 29.0 Å². The van der Waals surface area contributed by atoms with Crippen molar-refractivity contribution in [1.29, 1.82) is 0 Å². The van der Waals surface area contributed by atoms with Crippen molar-refractivity contribution >= 4 is 17.6 Å². The lowest BCUT2D eigenvalue weighted by atomic mass is 10.1. The Morgan fingerprint density at radius 1 is 1.37 bits per heavy atom. The number of carbonyl (C=O) groups excluding carboxylic acids is 2.